The van der Waals surface area contributed by atoms with Crippen molar-refractivity contribution in [3.05, 3.63) is 54.3 Å². The molecule has 1 aromatic rings. The zero-order valence-electron chi connectivity index (χ0n) is 18.7. The molecular formula is C24H26O11. The van der Waals surface area contributed by atoms with Crippen molar-refractivity contribution < 1.29 is 53.8 Å². The first-order valence-electron chi connectivity index (χ1n) is 11.0. The number of esters is 1. The Labute approximate surface area is 200 Å². The zero-order chi connectivity index (χ0) is 25.4. The van der Waals surface area contributed by atoms with Crippen LogP contribution in [0.2, 0.25) is 0 Å². The van der Waals surface area contributed by atoms with Gasteiger partial charge >= 0.3 is 5.97 Å². The molecular weight excluding hydrogens is 464 g/mol. The maximum Gasteiger partial charge on any atom is 0.331 e. The fourth-order valence-electron chi connectivity index (χ4n) is 4.69. The lowest BCUT2D eigenvalue weighted by atomic mass is 9.81. The number of aliphatic hydroxyl groups is 4. The summed E-state index contributed by atoms with van der Waals surface area (Å²) < 4.78 is 21.9. The van der Waals surface area contributed by atoms with E-state index in [0.717, 1.165) is 11.8 Å². The van der Waals surface area contributed by atoms with E-state index in [2.05, 4.69) is 0 Å². The van der Waals surface area contributed by atoms with E-state index in [1.54, 1.807) is 30.3 Å². The molecule has 0 aromatic heterocycles. The Morgan fingerprint density at radius 1 is 1.17 bits per heavy atom. The third-order valence-corrected chi connectivity index (χ3v) is 6.45. The molecule has 4 N–H and O–H groups in total. The fourth-order valence-corrected chi connectivity index (χ4v) is 4.69. The van der Waals surface area contributed by atoms with Crippen LogP contribution in [0.5, 0.6) is 0 Å². The van der Waals surface area contributed by atoms with E-state index >= 15 is 0 Å². The normalized spacial score (nSPS) is 38.9. The summed E-state index contributed by atoms with van der Waals surface area (Å²) >= 11 is 0. The highest BCUT2D eigenvalue weighted by molar-refractivity contribution is 6.41. The molecule has 4 rings (SSSR count). The van der Waals surface area contributed by atoms with E-state index in [1.807, 2.05) is 6.07 Å². The first-order chi connectivity index (χ1) is 16.6. The second-order valence-corrected chi connectivity index (χ2v) is 8.86. The molecule has 2 heterocycles. The highest BCUT2D eigenvalue weighted by Gasteiger charge is 2.66. The van der Waals surface area contributed by atoms with Crippen molar-refractivity contribution >= 4 is 23.6 Å². The minimum atomic E-state index is -2.01. The van der Waals surface area contributed by atoms with Crippen LogP contribution in [0.4, 0.5) is 0 Å². The number of ether oxygens (including phenoxy) is 4. The summed E-state index contributed by atoms with van der Waals surface area (Å²) in [6.07, 6.45) is -3.31. The Balaban J connectivity index is 1.56. The van der Waals surface area contributed by atoms with Crippen LogP contribution < -0.4 is 0 Å². The maximum absolute atomic E-state index is 12.6. The van der Waals surface area contributed by atoms with Gasteiger partial charge in [0.1, 0.15) is 17.3 Å². The molecule has 11 heteroatoms. The first-order valence-corrected chi connectivity index (χ1v) is 11.0. The number of carbonyl (C=O) groups excluding carboxylic acids is 3. The SMILES string of the molecule is C[C@]1(OC(=O)/C=C/c2ccccc2)C[C@@H](O)[C@]2(O)C=CO[C@@H](O[C@@H]3O[C@H](CO)C(=O)C(=O)[C@H]3O)[C@@H]21. The molecule has 0 spiro atoms. The average Bonchev–Trinajstić information content (AvgIpc) is 3.03. The molecule has 0 amide bonds. The molecule has 1 saturated heterocycles. The quantitative estimate of drug-likeness (QED) is 0.224. The molecule has 0 radical (unpaired) electrons. The fraction of sp³-hybridized carbons (Fsp3) is 0.458. The van der Waals surface area contributed by atoms with Crippen molar-refractivity contribution in [2.24, 2.45) is 5.92 Å². The standard InChI is InChI=1S/C24H26O11/c1-23(35-16(27)8-7-13-5-3-2-4-6-13)11-15(26)24(31)9-10-32-22(20(23)24)34-21-19(30)18(29)17(28)14(12-25)33-21/h2-10,14-15,19-22,25-26,30-31H,11-12H2,1H3/b8-7+/t14-,15-,19-,20-,21+,22+,23+,24-/m1/s1. The second kappa shape index (κ2) is 9.61. The van der Waals surface area contributed by atoms with Crippen molar-refractivity contribution in [3.8, 4) is 0 Å². The Morgan fingerprint density at radius 2 is 1.89 bits per heavy atom. The predicted molar refractivity (Wildman–Crippen MR) is 116 cm³/mol. The largest absolute Gasteiger partial charge is 0.472 e. The van der Waals surface area contributed by atoms with E-state index in [1.165, 1.54) is 19.1 Å². The molecule has 188 valence electrons. The third-order valence-electron chi connectivity index (χ3n) is 6.45. The van der Waals surface area contributed by atoms with Gasteiger partial charge in [-0.15, -0.1) is 0 Å². The minimum absolute atomic E-state index is 0.183. The van der Waals surface area contributed by atoms with Crippen molar-refractivity contribution in [2.75, 3.05) is 6.61 Å². The van der Waals surface area contributed by atoms with Crippen LogP contribution in [0.25, 0.3) is 6.08 Å². The van der Waals surface area contributed by atoms with Crippen LogP contribution in [0, 0.1) is 5.92 Å². The van der Waals surface area contributed by atoms with Crippen molar-refractivity contribution in [3.63, 3.8) is 0 Å². The minimum Gasteiger partial charge on any atom is -0.472 e. The Hall–Kier alpha value is -2.93. The number of hydrogen-bond donors (Lipinski definition) is 4. The third kappa shape index (κ3) is 4.66. The van der Waals surface area contributed by atoms with Gasteiger partial charge in [0.25, 0.3) is 0 Å². The lowest BCUT2D eigenvalue weighted by Gasteiger charge is -2.44. The molecule has 11 nitrogen and oxygen atoms in total. The topological polar surface area (TPSA) is 169 Å². The first kappa shape index (κ1) is 25.2. The smallest absolute Gasteiger partial charge is 0.331 e. The molecule has 2 fully saturated rings. The summed E-state index contributed by atoms with van der Waals surface area (Å²) in [6, 6.07) is 9.00. The maximum atomic E-state index is 12.6. The summed E-state index contributed by atoms with van der Waals surface area (Å²) in [6.45, 7) is 0.660. The monoisotopic (exact) mass is 490 g/mol. The van der Waals surface area contributed by atoms with Gasteiger partial charge in [-0.1, -0.05) is 30.3 Å². The van der Waals surface area contributed by atoms with Gasteiger partial charge in [-0.2, -0.15) is 0 Å². The van der Waals surface area contributed by atoms with Gasteiger partial charge in [0.15, 0.2) is 12.4 Å². The van der Waals surface area contributed by atoms with Gasteiger partial charge in [0.2, 0.25) is 17.9 Å². The molecule has 2 aliphatic heterocycles. The van der Waals surface area contributed by atoms with Crippen molar-refractivity contribution in [1.82, 2.24) is 0 Å². The van der Waals surface area contributed by atoms with Crippen LogP contribution >= 0.6 is 0 Å². The highest BCUT2D eigenvalue weighted by Crippen LogP contribution is 2.51. The van der Waals surface area contributed by atoms with Crippen molar-refractivity contribution in [2.45, 2.75) is 55.4 Å². The summed E-state index contributed by atoms with van der Waals surface area (Å²) in [4.78, 5) is 36.5. The lowest BCUT2D eigenvalue weighted by Crippen LogP contribution is -2.59. The Morgan fingerprint density at radius 3 is 2.57 bits per heavy atom. The summed E-state index contributed by atoms with van der Waals surface area (Å²) in [5, 5.41) is 41.4. The highest BCUT2D eigenvalue weighted by atomic mass is 16.8. The second-order valence-electron chi connectivity index (χ2n) is 8.86. The average molecular weight is 490 g/mol. The zero-order valence-corrected chi connectivity index (χ0v) is 18.7. The van der Waals surface area contributed by atoms with Crippen LogP contribution in [-0.2, 0) is 33.3 Å². The number of fused-ring (bicyclic) bond motifs is 1. The molecule has 0 unspecified atom stereocenters. The van der Waals surface area contributed by atoms with Crippen molar-refractivity contribution in [1.29, 1.82) is 0 Å². The summed E-state index contributed by atoms with van der Waals surface area (Å²) in [5.74, 6) is -4.30. The molecule has 1 aliphatic carbocycles. The van der Waals surface area contributed by atoms with Crippen LogP contribution in [0.1, 0.15) is 18.9 Å². The number of carbonyl (C=O) groups is 3. The molecule has 35 heavy (non-hydrogen) atoms. The number of aliphatic hydroxyl groups excluding tert-OH is 3. The van der Waals surface area contributed by atoms with E-state index in [0.29, 0.717) is 0 Å². The van der Waals surface area contributed by atoms with Gasteiger partial charge in [-0.3, -0.25) is 9.59 Å². The van der Waals surface area contributed by atoms with E-state index in [4.69, 9.17) is 18.9 Å². The number of hydrogen-bond acceptors (Lipinski definition) is 11. The number of rotatable bonds is 6. The Bertz CT molecular complexity index is 1040. The van der Waals surface area contributed by atoms with Gasteiger partial charge in [-0.25, -0.2) is 4.79 Å². The van der Waals surface area contributed by atoms with Gasteiger partial charge in [0.05, 0.1) is 24.9 Å². The predicted octanol–water partition coefficient (Wildman–Crippen LogP) is -0.783. The Kier molecular flexibility index (Phi) is 6.91. The van der Waals surface area contributed by atoms with E-state index in [9.17, 15) is 34.8 Å². The van der Waals surface area contributed by atoms with Crippen LogP contribution in [0.3, 0.4) is 0 Å². The van der Waals surface area contributed by atoms with E-state index < -0.39 is 72.2 Å². The van der Waals surface area contributed by atoms with E-state index in [-0.39, 0.29) is 6.42 Å². The number of Topliss-reactive ketones (excluding diaryl/α,β-unsaturated/α-hetero) is 2. The van der Waals surface area contributed by atoms with Crippen LogP contribution in [-0.4, -0.2) is 86.7 Å². The van der Waals surface area contributed by atoms with Crippen LogP contribution in [0.15, 0.2) is 48.7 Å². The van der Waals surface area contributed by atoms with Gasteiger partial charge < -0.3 is 39.4 Å². The summed E-state index contributed by atoms with van der Waals surface area (Å²) in [7, 11) is 0. The summed E-state index contributed by atoms with van der Waals surface area (Å²) in [5.41, 5.74) is -2.71. The van der Waals surface area contributed by atoms with Gasteiger partial charge in [-0.05, 0) is 24.6 Å². The number of benzene rings is 1. The molecule has 3 aliphatic rings. The molecule has 1 saturated carbocycles. The number of ketones is 2. The van der Waals surface area contributed by atoms with Gasteiger partial charge in [0, 0.05) is 12.5 Å². The lowest BCUT2D eigenvalue weighted by molar-refractivity contribution is -0.312. The molecule has 0 bridgehead atoms. The molecule has 8 atom stereocenters. The molecule has 1 aromatic carbocycles.